The van der Waals surface area contributed by atoms with Crippen LogP contribution in [0.15, 0.2) is 53.5 Å². The highest BCUT2D eigenvalue weighted by molar-refractivity contribution is 5.79. The number of benzene rings is 2. The Hall–Kier alpha value is -2.73. The lowest BCUT2D eigenvalue weighted by atomic mass is 10.1. The van der Waals surface area contributed by atoms with Crippen molar-refractivity contribution in [3.8, 4) is 11.5 Å². The number of ether oxygens (including phenoxy) is 2. The molecule has 0 aromatic heterocycles. The number of hydrogen-bond acceptors (Lipinski definition) is 4. The molecule has 6 nitrogen and oxygen atoms in total. The second-order valence-electron chi connectivity index (χ2n) is 6.92. The quantitative estimate of drug-likeness (QED) is 0.514. The predicted molar refractivity (Wildman–Crippen MR) is 115 cm³/mol. The number of nitrogens with zero attached hydrogens (tertiary/aromatic N) is 2. The summed E-state index contributed by atoms with van der Waals surface area (Å²) in [6, 6.07) is 16.1. The topological polar surface area (TPSA) is 58.1 Å². The molecule has 0 aliphatic carbocycles. The molecule has 0 aliphatic rings. The highest BCUT2D eigenvalue weighted by Crippen LogP contribution is 2.19. The molecule has 2 rings (SSSR count). The third-order valence-electron chi connectivity index (χ3n) is 4.21. The third-order valence-corrected chi connectivity index (χ3v) is 4.21. The number of hydrogen-bond donors (Lipinski definition) is 2. The molecule has 1 atom stereocenters. The van der Waals surface area contributed by atoms with Gasteiger partial charge in [-0.05, 0) is 44.3 Å². The molecule has 0 bridgehead atoms. The lowest BCUT2D eigenvalue weighted by Gasteiger charge is -2.19. The summed E-state index contributed by atoms with van der Waals surface area (Å²) in [5, 5.41) is 6.70. The average Bonchev–Trinajstić information content (AvgIpc) is 2.69. The van der Waals surface area contributed by atoms with Crippen molar-refractivity contribution in [2.24, 2.45) is 4.99 Å². The van der Waals surface area contributed by atoms with Crippen molar-refractivity contribution in [1.82, 2.24) is 15.5 Å². The predicted octanol–water partition coefficient (Wildman–Crippen LogP) is 2.89. The van der Waals surface area contributed by atoms with Gasteiger partial charge in [0, 0.05) is 26.2 Å². The Balaban J connectivity index is 1.84. The number of aliphatic imine (C=N–C) groups is 1. The Bertz CT molecular complexity index is 762. The molecule has 0 fully saturated rings. The summed E-state index contributed by atoms with van der Waals surface area (Å²) in [6.07, 6.45) is -0.0216. The minimum atomic E-state index is -0.0216. The molecule has 2 aromatic rings. The van der Waals surface area contributed by atoms with E-state index in [9.17, 15) is 0 Å². The molecule has 28 heavy (non-hydrogen) atoms. The van der Waals surface area contributed by atoms with Gasteiger partial charge in [0.2, 0.25) is 0 Å². The zero-order chi connectivity index (χ0) is 20.4. The number of guanidine groups is 1. The first-order chi connectivity index (χ1) is 13.5. The van der Waals surface area contributed by atoms with Gasteiger partial charge in [0.1, 0.15) is 17.6 Å². The molecule has 2 aromatic carbocycles. The number of nitrogens with one attached hydrogen (secondary N) is 2. The number of methoxy groups -OCH3 is 1. The van der Waals surface area contributed by atoms with E-state index in [-0.39, 0.29) is 6.10 Å². The first-order valence-electron chi connectivity index (χ1n) is 9.48. The van der Waals surface area contributed by atoms with Crippen LogP contribution >= 0.6 is 0 Å². The summed E-state index contributed by atoms with van der Waals surface area (Å²) in [5.41, 5.74) is 2.57. The van der Waals surface area contributed by atoms with Gasteiger partial charge in [-0.3, -0.25) is 4.99 Å². The maximum Gasteiger partial charge on any atom is 0.191 e. The van der Waals surface area contributed by atoms with Gasteiger partial charge in [-0.2, -0.15) is 0 Å². The van der Waals surface area contributed by atoms with Crippen molar-refractivity contribution in [1.29, 1.82) is 0 Å². The van der Waals surface area contributed by atoms with E-state index < -0.39 is 0 Å². The van der Waals surface area contributed by atoms with Gasteiger partial charge in [-0.15, -0.1) is 0 Å². The van der Waals surface area contributed by atoms with Crippen LogP contribution in [-0.2, 0) is 13.1 Å². The Kier molecular flexibility index (Phi) is 8.62. The second kappa shape index (κ2) is 11.2. The fraction of sp³-hybridized carbons (Fsp3) is 0.409. The second-order valence-corrected chi connectivity index (χ2v) is 6.92. The summed E-state index contributed by atoms with van der Waals surface area (Å²) in [7, 11) is 7.58. The van der Waals surface area contributed by atoms with Crippen LogP contribution in [0.5, 0.6) is 11.5 Å². The van der Waals surface area contributed by atoms with Crippen molar-refractivity contribution in [3.63, 3.8) is 0 Å². The van der Waals surface area contributed by atoms with Crippen LogP contribution < -0.4 is 20.1 Å². The van der Waals surface area contributed by atoms with Crippen LogP contribution in [0.25, 0.3) is 0 Å². The summed E-state index contributed by atoms with van der Waals surface area (Å²) >= 11 is 0. The largest absolute Gasteiger partial charge is 0.497 e. The molecule has 0 spiro atoms. The van der Waals surface area contributed by atoms with Crippen LogP contribution in [-0.4, -0.2) is 51.8 Å². The molecule has 0 saturated carbocycles. The molecule has 6 heteroatoms. The molecule has 1 unspecified atom stereocenters. The summed E-state index contributed by atoms with van der Waals surface area (Å²) < 4.78 is 11.2. The van der Waals surface area contributed by atoms with Gasteiger partial charge < -0.3 is 25.0 Å². The smallest absolute Gasteiger partial charge is 0.191 e. The maximum absolute atomic E-state index is 5.95. The van der Waals surface area contributed by atoms with Crippen molar-refractivity contribution >= 4 is 5.96 Å². The van der Waals surface area contributed by atoms with E-state index in [1.54, 1.807) is 14.2 Å². The summed E-state index contributed by atoms with van der Waals surface area (Å²) in [5.74, 6) is 2.32. The van der Waals surface area contributed by atoms with Crippen LogP contribution in [0, 0.1) is 0 Å². The molecular weight excluding hydrogens is 352 g/mol. The van der Waals surface area contributed by atoms with Crippen LogP contribution in [0.1, 0.15) is 18.1 Å². The van der Waals surface area contributed by atoms with Crippen LogP contribution in [0.4, 0.5) is 0 Å². The van der Waals surface area contributed by atoms with E-state index in [0.717, 1.165) is 30.5 Å². The lowest BCUT2D eigenvalue weighted by molar-refractivity contribution is 0.223. The Morgan fingerprint density at radius 1 is 1.04 bits per heavy atom. The van der Waals surface area contributed by atoms with Crippen molar-refractivity contribution < 1.29 is 9.47 Å². The Labute approximate surface area is 168 Å². The van der Waals surface area contributed by atoms with Gasteiger partial charge in [-0.1, -0.05) is 30.3 Å². The van der Waals surface area contributed by atoms with Crippen molar-refractivity contribution in [3.05, 3.63) is 59.7 Å². The normalized spacial score (nSPS) is 12.6. The Morgan fingerprint density at radius 3 is 2.43 bits per heavy atom. The molecular formula is C22H32N4O2. The minimum absolute atomic E-state index is 0.0216. The van der Waals surface area contributed by atoms with Crippen molar-refractivity contribution in [2.45, 2.75) is 26.1 Å². The fourth-order valence-corrected chi connectivity index (χ4v) is 2.81. The standard InChI is InChI=1S/C22H32N4O2/c1-17(28-21-12-8-11-20(13-21)27-5)14-24-22(23-2)25-15-18-9-6-7-10-19(18)16-26(3)4/h6-13,17H,14-16H2,1-5H3,(H2,23,24,25). The average molecular weight is 385 g/mol. The lowest BCUT2D eigenvalue weighted by Crippen LogP contribution is -2.41. The van der Waals surface area contributed by atoms with E-state index in [4.69, 9.17) is 9.47 Å². The van der Waals surface area contributed by atoms with E-state index in [1.165, 1.54) is 11.1 Å². The highest BCUT2D eigenvalue weighted by Gasteiger charge is 2.08. The summed E-state index contributed by atoms with van der Waals surface area (Å²) in [6.45, 7) is 4.28. The molecule has 2 N–H and O–H groups in total. The third kappa shape index (κ3) is 7.12. The summed E-state index contributed by atoms with van der Waals surface area (Å²) in [4.78, 5) is 6.48. The minimum Gasteiger partial charge on any atom is -0.497 e. The first kappa shape index (κ1) is 21.6. The molecule has 0 aliphatic heterocycles. The molecule has 0 amide bonds. The zero-order valence-electron chi connectivity index (χ0n) is 17.5. The maximum atomic E-state index is 5.95. The van der Waals surface area contributed by atoms with Gasteiger partial charge in [0.05, 0.1) is 13.7 Å². The number of rotatable bonds is 9. The molecule has 152 valence electrons. The first-order valence-corrected chi connectivity index (χ1v) is 9.48. The van der Waals surface area contributed by atoms with E-state index in [2.05, 4.69) is 58.9 Å². The van der Waals surface area contributed by atoms with Crippen LogP contribution in [0.2, 0.25) is 0 Å². The van der Waals surface area contributed by atoms with E-state index in [1.807, 2.05) is 31.2 Å². The van der Waals surface area contributed by atoms with Gasteiger partial charge in [-0.25, -0.2) is 0 Å². The van der Waals surface area contributed by atoms with Gasteiger partial charge >= 0.3 is 0 Å². The van der Waals surface area contributed by atoms with E-state index >= 15 is 0 Å². The van der Waals surface area contributed by atoms with Crippen LogP contribution in [0.3, 0.4) is 0 Å². The van der Waals surface area contributed by atoms with Gasteiger partial charge in [0.15, 0.2) is 5.96 Å². The monoisotopic (exact) mass is 384 g/mol. The highest BCUT2D eigenvalue weighted by atomic mass is 16.5. The van der Waals surface area contributed by atoms with Crippen molar-refractivity contribution in [2.75, 3.05) is 34.8 Å². The molecule has 0 saturated heterocycles. The Morgan fingerprint density at radius 2 is 1.75 bits per heavy atom. The fourth-order valence-electron chi connectivity index (χ4n) is 2.81. The zero-order valence-corrected chi connectivity index (χ0v) is 17.5. The van der Waals surface area contributed by atoms with E-state index in [0.29, 0.717) is 6.54 Å². The molecule has 0 heterocycles. The molecule has 0 radical (unpaired) electrons. The van der Waals surface area contributed by atoms with Gasteiger partial charge in [0.25, 0.3) is 0 Å². The SMILES string of the molecule is CN=C(NCc1ccccc1CN(C)C)NCC(C)Oc1cccc(OC)c1.